The fourth-order valence-corrected chi connectivity index (χ4v) is 3.92. The first kappa shape index (κ1) is 19.8. The summed E-state index contributed by atoms with van der Waals surface area (Å²) in [6.45, 7) is 7.51. The van der Waals surface area contributed by atoms with Gasteiger partial charge in [-0.2, -0.15) is 0 Å². The number of piperazine rings is 1. The highest BCUT2D eigenvalue weighted by molar-refractivity contribution is 5.79. The van der Waals surface area contributed by atoms with Gasteiger partial charge < -0.3 is 14.7 Å². The lowest BCUT2D eigenvalue weighted by Gasteiger charge is -2.35. The molecule has 0 N–H and O–H groups in total. The van der Waals surface area contributed by atoms with E-state index in [1.54, 1.807) is 12.1 Å². The summed E-state index contributed by atoms with van der Waals surface area (Å²) in [6.07, 6.45) is 3.47. The van der Waals surface area contributed by atoms with Crippen molar-refractivity contribution in [3.05, 3.63) is 35.6 Å². The summed E-state index contributed by atoms with van der Waals surface area (Å²) in [5, 5.41) is 0. The number of hydrogen-bond acceptors (Lipinski definition) is 3. The van der Waals surface area contributed by atoms with Crippen LogP contribution in [0.25, 0.3) is 0 Å². The zero-order chi connectivity index (χ0) is 19.2. The zero-order valence-corrected chi connectivity index (χ0v) is 16.2. The summed E-state index contributed by atoms with van der Waals surface area (Å²) in [5.74, 6) is 0.102. The van der Waals surface area contributed by atoms with Crippen LogP contribution < -0.4 is 0 Å². The second-order valence-corrected chi connectivity index (χ2v) is 7.72. The van der Waals surface area contributed by atoms with Crippen LogP contribution in [-0.4, -0.2) is 72.3 Å². The standard InChI is InChI=1S/C21H30FN3O2/c1-17(18-4-6-19(22)7-5-18)16-21(27)25-14-12-24(13-15-25)20(26)8-11-23-9-2-3-10-23/h4-7,17H,2-3,8-16H2,1H3. The van der Waals surface area contributed by atoms with E-state index in [4.69, 9.17) is 0 Å². The van der Waals surface area contributed by atoms with E-state index < -0.39 is 0 Å². The normalized spacial score (nSPS) is 19.3. The van der Waals surface area contributed by atoms with Crippen LogP contribution >= 0.6 is 0 Å². The smallest absolute Gasteiger partial charge is 0.223 e. The highest BCUT2D eigenvalue weighted by Crippen LogP contribution is 2.21. The Balaban J connectivity index is 1.40. The third-order valence-electron chi connectivity index (χ3n) is 5.75. The molecule has 0 radical (unpaired) electrons. The minimum atomic E-state index is -0.261. The number of carbonyl (C=O) groups excluding carboxylic acids is 2. The molecule has 2 amide bonds. The molecular formula is C21H30FN3O2. The summed E-state index contributed by atoms with van der Waals surface area (Å²) >= 11 is 0. The molecule has 2 saturated heterocycles. The molecule has 2 aliphatic rings. The molecule has 2 fully saturated rings. The first-order valence-corrected chi connectivity index (χ1v) is 10.1. The molecule has 0 spiro atoms. The van der Waals surface area contributed by atoms with E-state index in [-0.39, 0.29) is 23.5 Å². The van der Waals surface area contributed by atoms with Crippen molar-refractivity contribution in [2.24, 2.45) is 0 Å². The van der Waals surface area contributed by atoms with Gasteiger partial charge >= 0.3 is 0 Å². The summed E-state index contributed by atoms with van der Waals surface area (Å²) in [6, 6.07) is 6.35. The molecule has 2 aliphatic heterocycles. The van der Waals surface area contributed by atoms with Crippen molar-refractivity contribution in [2.75, 3.05) is 45.8 Å². The Morgan fingerprint density at radius 2 is 1.48 bits per heavy atom. The number of benzene rings is 1. The van der Waals surface area contributed by atoms with Crippen molar-refractivity contribution in [3.8, 4) is 0 Å². The Bertz CT molecular complexity index is 635. The Labute approximate surface area is 161 Å². The summed E-state index contributed by atoms with van der Waals surface area (Å²) < 4.78 is 13.0. The van der Waals surface area contributed by atoms with Crippen LogP contribution in [0.4, 0.5) is 4.39 Å². The van der Waals surface area contributed by atoms with Crippen molar-refractivity contribution < 1.29 is 14.0 Å². The lowest BCUT2D eigenvalue weighted by molar-refractivity contribution is -0.139. The first-order chi connectivity index (χ1) is 13.0. The molecule has 1 unspecified atom stereocenters. The highest BCUT2D eigenvalue weighted by atomic mass is 19.1. The fourth-order valence-electron chi connectivity index (χ4n) is 3.92. The molecule has 3 rings (SSSR count). The van der Waals surface area contributed by atoms with Gasteiger partial charge in [0.2, 0.25) is 11.8 Å². The van der Waals surface area contributed by atoms with Crippen LogP contribution in [-0.2, 0) is 9.59 Å². The molecule has 27 heavy (non-hydrogen) atoms. The molecule has 6 heteroatoms. The van der Waals surface area contributed by atoms with E-state index >= 15 is 0 Å². The maximum atomic E-state index is 13.0. The second-order valence-electron chi connectivity index (χ2n) is 7.72. The molecule has 0 aliphatic carbocycles. The van der Waals surface area contributed by atoms with Gasteiger partial charge in [0.05, 0.1) is 0 Å². The van der Waals surface area contributed by atoms with Crippen LogP contribution in [0.5, 0.6) is 0 Å². The van der Waals surface area contributed by atoms with Gasteiger partial charge in [0, 0.05) is 45.6 Å². The van der Waals surface area contributed by atoms with E-state index in [0.29, 0.717) is 39.0 Å². The SMILES string of the molecule is CC(CC(=O)N1CCN(C(=O)CCN2CCCC2)CC1)c1ccc(F)cc1. The number of carbonyl (C=O) groups is 2. The van der Waals surface area contributed by atoms with Crippen molar-refractivity contribution in [1.82, 2.24) is 14.7 Å². The Kier molecular flexibility index (Phi) is 6.83. The number of nitrogens with zero attached hydrogens (tertiary/aromatic N) is 3. The van der Waals surface area contributed by atoms with Crippen LogP contribution in [0.3, 0.4) is 0 Å². The van der Waals surface area contributed by atoms with E-state index in [0.717, 1.165) is 25.2 Å². The molecule has 2 heterocycles. The van der Waals surface area contributed by atoms with Gasteiger partial charge in [-0.1, -0.05) is 19.1 Å². The van der Waals surface area contributed by atoms with E-state index in [9.17, 15) is 14.0 Å². The summed E-state index contributed by atoms with van der Waals surface area (Å²) in [7, 11) is 0. The van der Waals surface area contributed by atoms with Gasteiger partial charge in [0.1, 0.15) is 5.82 Å². The van der Waals surface area contributed by atoms with Gasteiger partial charge in [0.15, 0.2) is 0 Å². The van der Waals surface area contributed by atoms with E-state index in [1.807, 2.05) is 16.7 Å². The maximum Gasteiger partial charge on any atom is 0.223 e. The van der Waals surface area contributed by atoms with Crippen LogP contribution in [0.2, 0.25) is 0 Å². The fraction of sp³-hybridized carbons (Fsp3) is 0.619. The number of halogens is 1. The Morgan fingerprint density at radius 1 is 0.926 bits per heavy atom. The monoisotopic (exact) mass is 375 g/mol. The molecule has 148 valence electrons. The third kappa shape index (κ3) is 5.51. The van der Waals surface area contributed by atoms with Gasteiger partial charge in [0.25, 0.3) is 0 Å². The minimum absolute atomic E-state index is 0.0539. The molecule has 1 atom stereocenters. The number of rotatable bonds is 6. The lowest BCUT2D eigenvalue weighted by atomic mass is 9.97. The molecule has 1 aromatic carbocycles. The van der Waals surface area contributed by atoms with Gasteiger partial charge in [-0.05, 0) is 49.5 Å². The average molecular weight is 375 g/mol. The predicted octanol–water partition coefficient (Wildman–Crippen LogP) is 2.48. The first-order valence-electron chi connectivity index (χ1n) is 10.1. The van der Waals surface area contributed by atoms with E-state index in [2.05, 4.69) is 4.90 Å². The summed E-state index contributed by atoms with van der Waals surface area (Å²) in [4.78, 5) is 31.1. The van der Waals surface area contributed by atoms with Gasteiger partial charge in [-0.15, -0.1) is 0 Å². The third-order valence-corrected chi connectivity index (χ3v) is 5.75. The van der Waals surface area contributed by atoms with Crippen LogP contribution in [0.15, 0.2) is 24.3 Å². The predicted molar refractivity (Wildman–Crippen MR) is 103 cm³/mol. The van der Waals surface area contributed by atoms with Crippen LogP contribution in [0, 0.1) is 5.82 Å². The number of likely N-dealkylation sites (tertiary alicyclic amines) is 1. The Morgan fingerprint density at radius 3 is 2.07 bits per heavy atom. The maximum absolute atomic E-state index is 13.0. The van der Waals surface area contributed by atoms with Crippen molar-refractivity contribution >= 4 is 11.8 Å². The molecule has 5 nitrogen and oxygen atoms in total. The number of amides is 2. The molecular weight excluding hydrogens is 345 g/mol. The van der Waals surface area contributed by atoms with Gasteiger partial charge in [-0.3, -0.25) is 9.59 Å². The Hall–Kier alpha value is -1.95. The van der Waals surface area contributed by atoms with Crippen molar-refractivity contribution in [3.63, 3.8) is 0 Å². The van der Waals surface area contributed by atoms with Crippen molar-refractivity contribution in [1.29, 1.82) is 0 Å². The largest absolute Gasteiger partial charge is 0.339 e. The molecule has 1 aromatic rings. The highest BCUT2D eigenvalue weighted by Gasteiger charge is 2.25. The van der Waals surface area contributed by atoms with E-state index in [1.165, 1.54) is 25.0 Å². The topological polar surface area (TPSA) is 43.9 Å². The molecule has 0 bridgehead atoms. The summed E-state index contributed by atoms with van der Waals surface area (Å²) in [5.41, 5.74) is 0.973. The minimum Gasteiger partial charge on any atom is -0.339 e. The van der Waals surface area contributed by atoms with Gasteiger partial charge in [-0.25, -0.2) is 4.39 Å². The molecule has 0 saturated carbocycles. The zero-order valence-electron chi connectivity index (χ0n) is 16.2. The average Bonchev–Trinajstić information content (AvgIpc) is 3.20. The van der Waals surface area contributed by atoms with Crippen molar-refractivity contribution in [2.45, 2.75) is 38.5 Å². The second kappa shape index (κ2) is 9.31. The lowest BCUT2D eigenvalue weighted by Crippen LogP contribution is -2.51. The molecule has 0 aromatic heterocycles. The van der Waals surface area contributed by atoms with Crippen LogP contribution in [0.1, 0.15) is 44.1 Å². The quantitative estimate of drug-likeness (QED) is 0.767. The number of hydrogen-bond donors (Lipinski definition) is 0.